The summed E-state index contributed by atoms with van der Waals surface area (Å²) >= 11 is 0. The van der Waals surface area contributed by atoms with Gasteiger partial charge in [0, 0.05) is 12.3 Å². The average molecular weight is 750 g/mol. The number of halogens is 3. The molecule has 5 N–H and O–H groups in total. The van der Waals surface area contributed by atoms with Crippen LogP contribution in [0.3, 0.4) is 0 Å². The van der Waals surface area contributed by atoms with Gasteiger partial charge in [-0.2, -0.15) is 13.2 Å². The highest BCUT2D eigenvalue weighted by Crippen LogP contribution is 2.44. The molecule has 0 fully saturated rings. The molecule has 4 aromatic carbocycles. The third-order valence-electron chi connectivity index (χ3n) is 8.51. The van der Waals surface area contributed by atoms with Crippen LogP contribution >= 0.6 is 0 Å². The molecular weight excluding hydrogens is 711 g/mol. The van der Waals surface area contributed by atoms with Gasteiger partial charge in [0.05, 0.1) is 20.6 Å². The molecule has 0 saturated heterocycles. The summed E-state index contributed by atoms with van der Waals surface area (Å²) in [7, 11) is 2.87. The van der Waals surface area contributed by atoms with Crippen molar-refractivity contribution in [2.24, 2.45) is 0 Å². The van der Waals surface area contributed by atoms with Crippen LogP contribution in [0.2, 0.25) is 0 Å². The quantitative estimate of drug-likeness (QED) is 0.111. The van der Waals surface area contributed by atoms with Gasteiger partial charge >= 0.3 is 18.4 Å². The molecule has 16 heteroatoms. The van der Waals surface area contributed by atoms with E-state index in [0.29, 0.717) is 22.6 Å². The minimum Gasteiger partial charge on any atom is -0.493 e. The number of carbonyl (C=O) groups is 4. The number of hydrazine groups is 2. The molecule has 54 heavy (non-hydrogen) atoms. The second kappa shape index (κ2) is 18.0. The van der Waals surface area contributed by atoms with Crippen molar-refractivity contribution in [1.29, 1.82) is 0 Å². The molecule has 0 aromatic heterocycles. The molecule has 0 aliphatic heterocycles. The molecule has 1 unspecified atom stereocenters. The second-order valence-corrected chi connectivity index (χ2v) is 12.1. The van der Waals surface area contributed by atoms with Crippen LogP contribution in [0.1, 0.15) is 34.6 Å². The van der Waals surface area contributed by atoms with Gasteiger partial charge < -0.3 is 24.3 Å². The highest BCUT2D eigenvalue weighted by molar-refractivity contribution is 5.88. The summed E-state index contributed by atoms with van der Waals surface area (Å²) in [5.74, 6) is -1.75. The second-order valence-electron chi connectivity index (χ2n) is 12.1. The fourth-order valence-electron chi connectivity index (χ4n) is 5.84. The molecule has 0 bridgehead atoms. The highest BCUT2D eigenvalue weighted by Gasteiger charge is 2.41. The summed E-state index contributed by atoms with van der Waals surface area (Å²) in [6.45, 7) is -0.257. The van der Waals surface area contributed by atoms with Crippen molar-refractivity contribution >= 4 is 24.0 Å². The third kappa shape index (κ3) is 10.2. The summed E-state index contributed by atoms with van der Waals surface area (Å²) in [5.41, 5.74) is 12.6. The van der Waals surface area contributed by atoms with E-state index in [1.807, 2.05) is 54.0 Å². The molecule has 0 spiro atoms. The molecule has 4 aromatic rings. The van der Waals surface area contributed by atoms with Gasteiger partial charge in [0.1, 0.15) is 25.3 Å². The van der Waals surface area contributed by atoms with Crippen LogP contribution in [-0.2, 0) is 32.1 Å². The van der Waals surface area contributed by atoms with Gasteiger partial charge in [0.25, 0.3) is 5.91 Å². The maximum atomic E-state index is 13.8. The molecule has 4 amide bonds. The standard InChI is InChI=1S/C38H38F3N5O8/c1-51-31-17-16-24(19-32(31)52-2)18-30(42-36(49)54-22-29-27-14-8-6-12-25(27)26-13-7-9-15-28(26)29)35(48)45-44-34(47)20-33(38(39,40)41)43-46-37(50)53-21-23-10-4-3-5-11-23/h3-17,19,29-30,33,43H,18,20-22H2,1-2H3,(H,42,49)(H,44,47)(H,45,48)(H,46,50)/t30-,33?/m0/s1. The van der Waals surface area contributed by atoms with E-state index in [2.05, 4.69) is 10.7 Å². The zero-order valence-electron chi connectivity index (χ0n) is 29.2. The normalized spacial score (nSPS) is 13.0. The van der Waals surface area contributed by atoms with Crippen molar-refractivity contribution in [3.8, 4) is 22.6 Å². The first-order chi connectivity index (χ1) is 26.0. The maximum Gasteiger partial charge on any atom is 0.421 e. The lowest BCUT2D eigenvalue weighted by Gasteiger charge is -2.22. The first kappa shape index (κ1) is 38.9. The van der Waals surface area contributed by atoms with Gasteiger partial charge in [-0.25, -0.2) is 15.0 Å². The van der Waals surface area contributed by atoms with E-state index < -0.39 is 48.7 Å². The van der Waals surface area contributed by atoms with Crippen LogP contribution < -0.4 is 36.5 Å². The van der Waals surface area contributed by atoms with Crippen molar-refractivity contribution < 1.29 is 51.3 Å². The van der Waals surface area contributed by atoms with Crippen molar-refractivity contribution in [3.05, 3.63) is 119 Å². The zero-order chi connectivity index (χ0) is 38.7. The number of rotatable bonds is 14. The van der Waals surface area contributed by atoms with Crippen molar-refractivity contribution in [1.82, 2.24) is 27.0 Å². The fraction of sp³-hybridized carbons (Fsp3) is 0.263. The van der Waals surface area contributed by atoms with E-state index >= 15 is 0 Å². The highest BCUT2D eigenvalue weighted by atomic mass is 19.4. The molecule has 0 heterocycles. The lowest BCUT2D eigenvalue weighted by molar-refractivity contribution is -0.164. The number of ether oxygens (including phenoxy) is 4. The largest absolute Gasteiger partial charge is 0.493 e. The zero-order valence-corrected chi connectivity index (χ0v) is 29.2. The van der Waals surface area contributed by atoms with Crippen molar-refractivity contribution in [3.63, 3.8) is 0 Å². The molecule has 1 aliphatic carbocycles. The number of nitrogens with one attached hydrogen (secondary N) is 5. The number of alkyl halides is 3. The van der Waals surface area contributed by atoms with E-state index in [4.69, 9.17) is 18.9 Å². The Morgan fingerprint density at radius 3 is 1.96 bits per heavy atom. The number of amides is 4. The smallest absolute Gasteiger partial charge is 0.421 e. The maximum absolute atomic E-state index is 13.8. The van der Waals surface area contributed by atoms with Crippen LogP contribution in [0.15, 0.2) is 97.1 Å². The summed E-state index contributed by atoms with van der Waals surface area (Å²) in [6.07, 6.45) is -8.54. The van der Waals surface area contributed by atoms with Crippen LogP contribution in [0.25, 0.3) is 11.1 Å². The van der Waals surface area contributed by atoms with Gasteiger partial charge in [-0.15, -0.1) is 0 Å². The Hall–Kier alpha value is -6.29. The molecule has 1 aliphatic rings. The van der Waals surface area contributed by atoms with Crippen LogP contribution in [-0.4, -0.2) is 63.1 Å². The fourth-order valence-corrected chi connectivity index (χ4v) is 5.84. The van der Waals surface area contributed by atoms with Crippen LogP contribution in [0.5, 0.6) is 11.5 Å². The van der Waals surface area contributed by atoms with Crippen LogP contribution in [0, 0.1) is 0 Å². The molecule has 5 rings (SSSR count). The van der Waals surface area contributed by atoms with Gasteiger partial charge in [0.2, 0.25) is 5.91 Å². The number of alkyl carbamates (subject to hydrolysis) is 1. The first-order valence-corrected chi connectivity index (χ1v) is 16.7. The Balaban J connectivity index is 1.21. The Kier molecular flexibility index (Phi) is 12.9. The van der Waals surface area contributed by atoms with Crippen molar-refractivity contribution in [2.75, 3.05) is 20.8 Å². The third-order valence-corrected chi connectivity index (χ3v) is 8.51. The average Bonchev–Trinajstić information content (AvgIpc) is 3.49. The SMILES string of the molecule is COc1ccc(C[C@H](NC(=O)OCC2c3ccccc3-c3ccccc32)C(=O)NNC(=O)CC(NNC(=O)OCc2ccccc2)C(F)(F)F)cc1OC. The Morgan fingerprint density at radius 2 is 1.33 bits per heavy atom. The van der Waals surface area contributed by atoms with E-state index in [1.54, 1.807) is 59.4 Å². The minimum atomic E-state index is -4.99. The summed E-state index contributed by atoms with van der Waals surface area (Å²) in [4.78, 5) is 51.2. The summed E-state index contributed by atoms with van der Waals surface area (Å²) < 4.78 is 62.4. The Labute approximate surface area is 308 Å². The molecular formula is C38H38F3N5O8. The van der Waals surface area contributed by atoms with Crippen LogP contribution in [0.4, 0.5) is 22.8 Å². The van der Waals surface area contributed by atoms with Crippen molar-refractivity contribution in [2.45, 2.75) is 43.6 Å². The number of hydrogen-bond donors (Lipinski definition) is 5. The van der Waals surface area contributed by atoms with E-state index in [9.17, 15) is 32.3 Å². The topological polar surface area (TPSA) is 165 Å². The van der Waals surface area contributed by atoms with E-state index in [1.165, 1.54) is 14.2 Å². The predicted octanol–water partition coefficient (Wildman–Crippen LogP) is 5.05. The molecule has 0 saturated carbocycles. The van der Waals surface area contributed by atoms with E-state index in [0.717, 1.165) is 22.3 Å². The minimum absolute atomic E-state index is 0.0546. The summed E-state index contributed by atoms with van der Waals surface area (Å²) in [6, 6.07) is 24.8. The Morgan fingerprint density at radius 1 is 0.704 bits per heavy atom. The first-order valence-electron chi connectivity index (χ1n) is 16.7. The van der Waals surface area contributed by atoms with E-state index in [-0.39, 0.29) is 25.6 Å². The molecule has 13 nitrogen and oxygen atoms in total. The Bertz CT molecular complexity index is 1900. The monoisotopic (exact) mass is 749 g/mol. The lowest BCUT2D eigenvalue weighted by atomic mass is 9.98. The number of carbonyl (C=O) groups excluding carboxylic acids is 4. The molecule has 284 valence electrons. The van der Waals surface area contributed by atoms with Gasteiger partial charge in [-0.05, 0) is 45.5 Å². The number of benzene rings is 4. The number of methoxy groups -OCH3 is 2. The van der Waals surface area contributed by atoms with Gasteiger partial charge in [-0.1, -0.05) is 84.9 Å². The van der Waals surface area contributed by atoms with Gasteiger partial charge in [0.15, 0.2) is 11.5 Å². The predicted molar refractivity (Wildman–Crippen MR) is 189 cm³/mol. The summed E-state index contributed by atoms with van der Waals surface area (Å²) in [5, 5.41) is 2.50. The number of hydrogen-bond acceptors (Lipinski definition) is 9. The lowest BCUT2D eigenvalue weighted by Crippen LogP contribution is -2.56. The van der Waals surface area contributed by atoms with Gasteiger partial charge in [-0.3, -0.25) is 25.9 Å². The molecule has 0 radical (unpaired) electrons. The number of fused-ring (bicyclic) bond motifs is 3. The molecule has 2 atom stereocenters.